The van der Waals surface area contributed by atoms with E-state index in [0.29, 0.717) is 18.8 Å². The smallest absolute Gasteiger partial charge is 0.243 e. The summed E-state index contributed by atoms with van der Waals surface area (Å²) < 4.78 is 27.9. The molecule has 1 N–H and O–H groups in total. The molecule has 0 unspecified atom stereocenters. The summed E-state index contributed by atoms with van der Waals surface area (Å²) in [5.41, 5.74) is 0.504. The van der Waals surface area contributed by atoms with E-state index < -0.39 is 10.0 Å². The first-order valence-electron chi connectivity index (χ1n) is 8.26. The van der Waals surface area contributed by atoms with Crippen molar-refractivity contribution < 1.29 is 13.2 Å². The zero-order valence-corrected chi connectivity index (χ0v) is 16.3. The minimum absolute atomic E-state index is 0.160. The second-order valence-corrected chi connectivity index (χ2v) is 10.1. The Balaban J connectivity index is 1.63. The number of carbonyl (C=O) groups excluding carboxylic acids is 1. The van der Waals surface area contributed by atoms with Gasteiger partial charge in [0, 0.05) is 24.5 Å². The van der Waals surface area contributed by atoms with Crippen LogP contribution in [0.25, 0.3) is 0 Å². The quantitative estimate of drug-likeness (QED) is 0.823. The van der Waals surface area contributed by atoms with E-state index in [4.69, 9.17) is 0 Å². The molecule has 2 aliphatic heterocycles. The largest absolute Gasteiger partial charge is 0.325 e. The number of hydrogen-bond donors (Lipinski definition) is 1. The van der Waals surface area contributed by atoms with Gasteiger partial charge in [-0.1, -0.05) is 36.0 Å². The van der Waals surface area contributed by atoms with Crippen LogP contribution in [0.1, 0.15) is 19.3 Å². The minimum atomic E-state index is -3.49. The SMILES string of the molecule is O=C(CSC1=NCCS1)Nc1cccc(S(=O)(=O)N2CCCCC2)c1. The molecule has 0 saturated carbocycles. The van der Waals surface area contributed by atoms with Crippen LogP contribution in [0.2, 0.25) is 0 Å². The average molecular weight is 400 g/mol. The highest BCUT2D eigenvalue weighted by Gasteiger charge is 2.26. The second-order valence-electron chi connectivity index (χ2n) is 5.83. The van der Waals surface area contributed by atoms with E-state index in [1.165, 1.54) is 22.1 Å². The van der Waals surface area contributed by atoms with Gasteiger partial charge in [-0.25, -0.2) is 8.42 Å². The molecule has 9 heteroatoms. The Hall–Kier alpha value is -1.03. The number of sulfonamides is 1. The molecule has 0 aliphatic carbocycles. The number of nitrogens with zero attached hydrogens (tertiary/aromatic N) is 2. The normalized spacial score (nSPS) is 18.8. The van der Waals surface area contributed by atoms with Crippen molar-refractivity contribution in [2.75, 3.05) is 36.5 Å². The monoisotopic (exact) mass is 399 g/mol. The molecule has 25 heavy (non-hydrogen) atoms. The van der Waals surface area contributed by atoms with Gasteiger partial charge in [0.05, 0.1) is 17.2 Å². The molecule has 1 saturated heterocycles. The minimum Gasteiger partial charge on any atom is -0.325 e. The van der Waals surface area contributed by atoms with Crippen molar-refractivity contribution in [1.82, 2.24) is 4.31 Å². The summed E-state index contributed by atoms with van der Waals surface area (Å²) in [5.74, 6) is 1.09. The van der Waals surface area contributed by atoms with Crippen LogP contribution in [0.5, 0.6) is 0 Å². The molecule has 2 aliphatic rings. The van der Waals surface area contributed by atoms with Gasteiger partial charge < -0.3 is 5.32 Å². The third kappa shape index (κ3) is 4.99. The van der Waals surface area contributed by atoms with Gasteiger partial charge in [-0.15, -0.1) is 0 Å². The van der Waals surface area contributed by atoms with Crippen molar-refractivity contribution in [2.24, 2.45) is 4.99 Å². The maximum Gasteiger partial charge on any atom is 0.243 e. The van der Waals surface area contributed by atoms with Gasteiger partial charge >= 0.3 is 0 Å². The van der Waals surface area contributed by atoms with Crippen molar-refractivity contribution in [3.8, 4) is 0 Å². The topological polar surface area (TPSA) is 78.8 Å². The average Bonchev–Trinajstić information content (AvgIpc) is 3.14. The number of thioether (sulfide) groups is 2. The molecule has 0 atom stereocenters. The van der Waals surface area contributed by atoms with E-state index in [0.717, 1.165) is 35.9 Å². The number of rotatable bonds is 5. The van der Waals surface area contributed by atoms with E-state index >= 15 is 0 Å². The summed E-state index contributed by atoms with van der Waals surface area (Å²) in [6, 6.07) is 6.49. The first kappa shape index (κ1) is 18.8. The summed E-state index contributed by atoms with van der Waals surface area (Å²) in [7, 11) is -3.49. The number of carbonyl (C=O) groups is 1. The first-order chi connectivity index (χ1) is 12.1. The summed E-state index contributed by atoms with van der Waals surface area (Å²) in [5, 5.41) is 2.77. The number of benzene rings is 1. The summed E-state index contributed by atoms with van der Waals surface area (Å²) >= 11 is 3.08. The molecular weight excluding hydrogens is 378 g/mol. The molecular formula is C16H21N3O3S3. The fraction of sp³-hybridized carbons (Fsp3) is 0.500. The van der Waals surface area contributed by atoms with Crippen LogP contribution in [-0.2, 0) is 14.8 Å². The predicted molar refractivity (Wildman–Crippen MR) is 105 cm³/mol. The maximum atomic E-state index is 12.7. The zero-order chi connectivity index (χ0) is 17.7. The fourth-order valence-electron chi connectivity index (χ4n) is 2.72. The number of nitrogens with one attached hydrogen (secondary N) is 1. The van der Waals surface area contributed by atoms with Crippen molar-refractivity contribution in [1.29, 1.82) is 0 Å². The van der Waals surface area contributed by atoms with Crippen molar-refractivity contribution in [3.05, 3.63) is 24.3 Å². The number of piperidine rings is 1. The lowest BCUT2D eigenvalue weighted by Gasteiger charge is -2.26. The fourth-order valence-corrected chi connectivity index (χ4v) is 6.09. The van der Waals surface area contributed by atoms with Gasteiger partial charge in [0.1, 0.15) is 4.38 Å². The van der Waals surface area contributed by atoms with E-state index in [1.807, 2.05) is 0 Å². The van der Waals surface area contributed by atoms with E-state index in [-0.39, 0.29) is 16.6 Å². The van der Waals surface area contributed by atoms with Crippen LogP contribution in [0.15, 0.2) is 34.2 Å². The highest BCUT2D eigenvalue weighted by Crippen LogP contribution is 2.24. The summed E-state index contributed by atoms with van der Waals surface area (Å²) in [4.78, 5) is 16.6. The van der Waals surface area contributed by atoms with Gasteiger partial charge in [-0.05, 0) is 31.0 Å². The Kier molecular flexibility index (Phi) is 6.43. The van der Waals surface area contributed by atoms with Crippen molar-refractivity contribution >= 4 is 49.5 Å². The highest BCUT2D eigenvalue weighted by molar-refractivity contribution is 8.39. The van der Waals surface area contributed by atoms with Gasteiger partial charge in [0.15, 0.2) is 0 Å². The van der Waals surface area contributed by atoms with E-state index in [1.54, 1.807) is 30.0 Å². The van der Waals surface area contributed by atoms with Crippen LogP contribution < -0.4 is 5.32 Å². The molecule has 3 rings (SSSR count). The van der Waals surface area contributed by atoms with E-state index in [9.17, 15) is 13.2 Å². The predicted octanol–water partition coefficient (Wildman–Crippen LogP) is 2.64. The third-order valence-corrected chi connectivity index (χ3v) is 8.10. The molecule has 1 aromatic carbocycles. The second kappa shape index (κ2) is 8.57. The number of hydrogen-bond acceptors (Lipinski definition) is 6. The van der Waals surface area contributed by atoms with Gasteiger partial charge in [-0.2, -0.15) is 4.31 Å². The lowest BCUT2D eigenvalue weighted by atomic mass is 10.2. The van der Waals surface area contributed by atoms with Crippen LogP contribution in [-0.4, -0.2) is 54.1 Å². The zero-order valence-electron chi connectivity index (χ0n) is 13.8. The molecule has 2 heterocycles. The Bertz CT molecular complexity index is 759. The van der Waals surface area contributed by atoms with Gasteiger partial charge in [0.2, 0.25) is 15.9 Å². The third-order valence-electron chi connectivity index (χ3n) is 3.96. The van der Waals surface area contributed by atoms with Crippen LogP contribution in [0.3, 0.4) is 0 Å². The van der Waals surface area contributed by atoms with Crippen LogP contribution in [0, 0.1) is 0 Å². The molecule has 6 nitrogen and oxygen atoms in total. The maximum absolute atomic E-state index is 12.7. The van der Waals surface area contributed by atoms with Crippen molar-refractivity contribution in [3.63, 3.8) is 0 Å². The molecule has 1 aromatic rings. The number of aliphatic imine (C=N–C) groups is 1. The summed E-state index contributed by atoms with van der Waals surface area (Å²) in [6.07, 6.45) is 2.87. The molecule has 0 bridgehead atoms. The molecule has 136 valence electrons. The van der Waals surface area contributed by atoms with Crippen LogP contribution >= 0.6 is 23.5 Å². The molecule has 1 fully saturated rings. The van der Waals surface area contributed by atoms with Crippen LogP contribution in [0.4, 0.5) is 5.69 Å². The Morgan fingerprint density at radius 3 is 2.80 bits per heavy atom. The molecule has 1 amide bonds. The van der Waals surface area contributed by atoms with E-state index in [2.05, 4.69) is 10.3 Å². The Morgan fingerprint density at radius 1 is 1.28 bits per heavy atom. The molecule has 0 radical (unpaired) electrons. The van der Waals surface area contributed by atoms with Gasteiger partial charge in [0.25, 0.3) is 0 Å². The standard InChI is InChI=1S/C16H21N3O3S3/c20-15(12-24-16-17-7-10-23-16)18-13-5-4-6-14(11-13)25(21,22)19-8-2-1-3-9-19/h4-6,11H,1-3,7-10,12H2,(H,18,20). The molecule has 0 spiro atoms. The first-order valence-corrected chi connectivity index (χ1v) is 11.7. The Labute approximate surface area is 156 Å². The Morgan fingerprint density at radius 2 is 2.08 bits per heavy atom. The lowest BCUT2D eigenvalue weighted by molar-refractivity contribution is -0.113. The summed E-state index contributed by atoms with van der Waals surface area (Å²) in [6.45, 7) is 1.94. The highest BCUT2D eigenvalue weighted by atomic mass is 32.2. The van der Waals surface area contributed by atoms with Crippen molar-refractivity contribution in [2.45, 2.75) is 24.2 Å². The number of amides is 1. The lowest BCUT2D eigenvalue weighted by Crippen LogP contribution is -2.35. The van der Waals surface area contributed by atoms with Gasteiger partial charge in [-0.3, -0.25) is 9.79 Å². The number of anilines is 1. The molecule has 0 aromatic heterocycles.